The number of ether oxygens (including phenoxy) is 1. The number of nitrogens with zero attached hydrogens (tertiary/aromatic N) is 2. The molecule has 0 aromatic rings. The first-order valence-corrected chi connectivity index (χ1v) is 8.88. The van der Waals surface area contributed by atoms with Crippen LogP contribution in [0.2, 0.25) is 0 Å². The molecule has 0 aromatic carbocycles. The average Bonchev–Trinajstić information content (AvgIpc) is 2.42. The minimum atomic E-state index is -3.34. The number of morpholine rings is 1. The summed E-state index contributed by atoms with van der Waals surface area (Å²) < 4.78 is 34.3. The molecule has 7 heteroatoms. The van der Waals surface area contributed by atoms with E-state index in [-0.39, 0.29) is 12.1 Å². The van der Waals surface area contributed by atoms with Crippen molar-refractivity contribution >= 4 is 10.2 Å². The van der Waals surface area contributed by atoms with Crippen molar-refractivity contribution in [3.63, 3.8) is 0 Å². The van der Waals surface area contributed by atoms with Crippen LogP contribution in [0.5, 0.6) is 0 Å². The van der Waals surface area contributed by atoms with Gasteiger partial charge < -0.3 is 10.1 Å². The van der Waals surface area contributed by atoms with Crippen LogP contribution >= 0.6 is 0 Å². The van der Waals surface area contributed by atoms with E-state index in [9.17, 15) is 8.42 Å². The number of rotatable bonds is 4. The Morgan fingerprint density at radius 2 is 1.90 bits per heavy atom. The van der Waals surface area contributed by atoms with E-state index in [0.717, 1.165) is 19.4 Å². The van der Waals surface area contributed by atoms with Crippen LogP contribution in [0.25, 0.3) is 0 Å². The predicted octanol–water partition coefficient (Wildman–Crippen LogP) is 0.272. The van der Waals surface area contributed by atoms with Crippen molar-refractivity contribution in [1.82, 2.24) is 13.9 Å². The molecule has 2 rings (SSSR count). The van der Waals surface area contributed by atoms with Gasteiger partial charge in [-0.1, -0.05) is 0 Å². The molecule has 0 aromatic heterocycles. The second-order valence-corrected chi connectivity index (χ2v) is 7.85. The van der Waals surface area contributed by atoms with E-state index >= 15 is 0 Å². The highest BCUT2D eigenvalue weighted by Gasteiger charge is 2.38. The summed E-state index contributed by atoms with van der Waals surface area (Å²) in [5, 5.41) is 3.17. The maximum Gasteiger partial charge on any atom is 0.282 e. The molecule has 2 fully saturated rings. The van der Waals surface area contributed by atoms with Crippen molar-refractivity contribution in [2.45, 2.75) is 38.8 Å². The summed E-state index contributed by atoms with van der Waals surface area (Å²) in [6.07, 6.45) is 1.85. The topological polar surface area (TPSA) is 61.9 Å². The Labute approximate surface area is 122 Å². The molecule has 2 atom stereocenters. The zero-order valence-corrected chi connectivity index (χ0v) is 13.5. The van der Waals surface area contributed by atoms with E-state index in [4.69, 9.17) is 4.74 Å². The molecule has 20 heavy (non-hydrogen) atoms. The quantitative estimate of drug-likeness (QED) is 0.810. The Morgan fingerprint density at radius 1 is 1.25 bits per heavy atom. The summed E-state index contributed by atoms with van der Waals surface area (Å²) in [5.74, 6) is 0.590. The minimum absolute atomic E-state index is 0.0252. The number of piperidine rings is 1. The fourth-order valence-corrected chi connectivity index (χ4v) is 4.86. The van der Waals surface area contributed by atoms with Gasteiger partial charge in [-0.3, -0.25) is 0 Å². The normalized spacial score (nSPS) is 31.6. The van der Waals surface area contributed by atoms with Gasteiger partial charge in [-0.15, -0.1) is 0 Å². The highest BCUT2D eigenvalue weighted by molar-refractivity contribution is 7.86. The van der Waals surface area contributed by atoms with Crippen LogP contribution < -0.4 is 5.32 Å². The fraction of sp³-hybridized carbons (Fsp3) is 1.00. The van der Waals surface area contributed by atoms with E-state index in [1.807, 2.05) is 20.9 Å². The minimum Gasteiger partial charge on any atom is -0.375 e. The van der Waals surface area contributed by atoms with Gasteiger partial charge >= 0.3 is 0 Å². The van der Waals surface area contributed by atoms with Gasteiger partial charge in [-0.2, -0.15) is 17.0 Å². The van der Waals surface area contributed by atoms with Crippen LogP contribution in [0.1, 0.15) is 26.7 Å². The molecule has 2 aliphatic heterocycles. The van der Waals surface area contributed by atoms with Gasteiger partial charge in [0, 0.05) is 25.7 Å². The van der Waals surface area contributed by atoms with Crippen molar-refractivity contribution in [1.29, 1.82) is 0 Å². The fourth-order valence-electron chi connectivity index (χ4n) is 2.98. The third-order valence-corrected chi connectivity index (χ3v) is 6.36. The van der Waals surface area contributed by atoms with E-state index in [1.165, 1.54) is 0 Å². The molecule has 0 radical (unpaired) electrons. The van der Waals surface area contributed by atoms with Gasteiger partial charge in [0.2, 0.25) is 0 Å². The molecule has 118 valence electrons. The van der Waals surface area contributed by atoms with Gasteiger partial charge in [0.25, 0.3) is 10.2 Å². The Bertz CT molecular complexity index is 407. The highest BCUT2D eigenvalue weighted by Crippen LogP contribution is 2.24. The van der Waals surface area contributed by atoms with Crippen LogP contribution in [0.4, 0.5) is 0 Å². The van der Waals surface area contributed by atoms with Gasteiger partial charge in [0.15, 0.2) is 0 Å². The standard InChI is InChI=1S/C13H27N3O3S/c1-11-10-19-12(2)9-16(11)20(17,18)15-6-4-13(5-7-15)8-14-3/h11-14H,4-10H2,1-3H3/t11-,12-/m1/s1. The molecule has 2 heterocycles. The summed E-state index contributed by atoms with van der Waals surface area (Å²) in [5.41, 5.74) is 0. The summed E-state index contributed by atoms with van der Waals surface area (Å²) >= 11 is 0. The Hall–Kier alpha value is -0.210. The van der Waals surface area contributed by atoms with Crippen LogP contribution in [0.3, 0.4) is 0 Å². The molecule has 6 nitrogen and oxygen atoms in total. The molecular weight excluding hydrogens is 278 g/mol. The van der Waals surface area contributed by atoms with Crippen LogP contribution in [-0.4, -0.2) is 69.0 Å². The molecule has 0 unspecified atom stereocenters. The second-order valence-electron chi connectivity index (χ2n) is 5.97. The van der Waals surface area contributed by atoms with Crippen LogP contribution in [-0.2, 0) is 14.9 Å². The Kier molecular flexibility index (Phi) is 5.42. The largest absolute Gasteiger partial charge is 0.375 e. The van der Waals surface area contributed by atoms with Gasteiger partial charge in [-0.05, 0) is 46.2 Å². The van der Waals surface area contributed by atoms with Crippen molar-refractivity contribution < 1.29 is 13.2 Å². The molecule has 0 saturated carbocycles. The monoisotopic (exact) mass is 305 g/mol. The lowest BCUT2D eigenvalue weighted by Gasteiger charge is -2.40. The molecule has 0 aliphatic carbocycles. The lowest BCUT2D eigenvalue weighted by Crippen LogP contribution is -2.56. The van der Waals surface area contributed by atoms with E-state index in [0.29, 0.717) is 32.2 Å². The first-order chi connectivity index (χ1) is 9.45. The second kappa shape index (κ2) is 6.70. The van der Waals surface area contributed by atoms with Crippen molar-refractivity contribution in [2.24, 2.45) is 5.92 Å². The van der Waals surface area contributed by atoms with Crippen molar-refractivity contribution in [3.8, 4) is 0 Å². The number of hydrogen-bond acceptors (Lipinski definition) is 4. The number of nitrogens with one attached hydrogen (secondary N) is 1. The van der Waals surface area contributed by atoms with Crippen LogP contribution in [0.15, 0.2) is 0 Å². The summed E-state index contributed by atoms with van der Waals surface area (Å²) in [7, 11) is -1.39. The molecule has 0 amide bonds. The lowest BCUT2D eigenvalue weighted by atomic mass is 9.98. The zero-order valence-electron chi connectivity index (χ0n) is 12.7. The molecule has 0 bridgehead atoms. The SMILES string of the molecule is CNCC1CCN(S(=O)(=O)N2C[C@@H](C)OC[C@H]2C)CC1. The Balaban J connectivity index is 2.00. The maximum absolute atomic E-state index is 12.7. The van der Waals surface area contributed by atoms with Crippen LogP contribution in [0, 0.1) is 5.92 Å². The number of hydrogen-bond donors (Lipinski definition) is 1. The predicted molar refractivity (Wildman–Crippen MR) is 78.7 cm³/mol. The van der Waals surface area contributed by atoms with Gasteiger partial charge in [-0.25, -0.2) is 0 Å². The molecule has 1 N–H and O–H groups in total. The Morgan fingerprint density at radius 3 is 2.50 bits per heavy atom. The third-order valence-electron chi connectivity index (χ3n) is 4.24. The van der Waals surface area contributed by atoms with E-state index in [1.54, 1.807) is 8.61 Å². The summed E-state index contributed by atoms with van der Waals surface area (Å²) in [4.78, 5) is 0. The maximum atomic E-state index is 12.7. The van der Waals surface area contributed by atoms with Gasteiger partial charge in [0.05, 0.1) is 12.7 Å². The molecule has 2 saturated heterocycles. The van der Waals surface area contributed by atoms with E-state index in [2.05, 4.69) is 5.32 Å². The molecular formula is C13H27N3O3S. The molecule has 0 spiro atoms. The summed E-state index contributed by atoms with van der Waals surface area (Å²) in [6.45, 7) is 7.01. The smallest absolute Gasteiger partial charge is 0.282 e. The average molecular weight is 305 g/mol. The van der Waals surface area contributed by atoms with Gasteiger partial charge in [0.1, 0.15) is 0 Å². The first-order valence-electron chi connectivity index (χ1n) is 7.48. The van der Waals surface area contributed by atoms with Crippen molar-refractivity contribution in [2.75, 3.05) is 39.8 Å². The van der Waals surface area contributed by atoms with Crippen molar-refractivity contribution in [3.05, 3.63) is 0 Å². The third kappa shape index (κ3) is 3.51. The zero-order chi connectivity index (χ0) is 14.8. The highest BCUT2D eigenvalue weighted by atomic mass is 32.2. The van der Waals surface area contributed by atoms with E-state index < -0.39 is 10.2 Å². The lowest BCUT2D eigenvalue weighted by molar-refractivity contribution is -0.0194. The molecule has 2 aliphatic rings. The first kappa shape index (κ1) is 16.2. The summed E-state index contributed by atoms with van der Waals surface area (Å²) in [6, 6.07) is -0.0776.